The molecule has 5 heterocycles. The molecule has 1 spiro atoms. The highest BCUT2D eigenvalue weighted by atomic mass is 19.1. The molecule has 1 N–H and O–H groups in total. The first kappa shape index (κ1) is 25.6. The highest BCUT2D eigenvalue weighted by molar-refractivity contribution is 5.52. The summed E-state index contributed by atoms with van der Waals surface area (Å²) in [6.07, 6.45) is 6.92. The summed E-state index contributed by atoms with van der Waals surface area (Å²) < 4.78 is 41.8. The first-order valence-corrected chi connectivity index (χ1v) is 14.7. The van der Waals surface area contributed by atoms with Gasteiger partial charge in [0.15, 0.2) is 0 Å². The van der Waals surface area contributed by atoms with Gasteiger partial charge in [-0.25, -0.2) is 8.78 Å². The third-order valence-electron chi connectivity index (χ3n) is 9.81. The zero-order chi connectivity index (χ0) is 26.6. The first-order chi connectivity index (χ1) is 18.9. The normalized spacial score (nSPS) is 32.5. The lowest BCUT2D eigenvalue weighted by Gasteiger charge is -2.43. The molecule has 3 fully saturated rings. The molecule has 0 radical (unpaired) electrons. The molecule has 4 atom stereocenters. The van der Waals surface area contributed by atoms with E-state index < -0.39 is 11.8 Å². The predicted molar refractivity (Wildman–Crippen MR) is 142 cm³/mol. The molecule has 0 saturated carbocycles. The van der Waals surface area contributed by atoms with Crippen LogP contribution in [0, 0.1) is 5.82 Å². The van der Waals surface area contributed by atoms with E-state index in [1.54, 1.807) is 6.07 Å². The minimum Gasteiger partial charge on any atom is -0.461 e. The number of ether oxygens (including phenoxy) is 2. The number of hydrogen-bond donors (Lipinski definition) is 1. The largest absolute Gasteiger partial charge is 0.461 e. The van der Waals surface area contributed by atoms with Crippen molar-refractivity contribution in [2.75, 3.05) is 37.7 Å². The number of rotatable bonds is 4. The van der Waals surface area contributed by atoms with Gasteiger partial charge in [-0.2, -0.15) is 9.97 Å². The van der Waals surface area contributed by atoms with Crippen molar-refractivity contribution in [3.05, 3.63) is 46.4 Å². The number of aromatic nitrogens is 2. The predicted octanol–water partition coefficient (Wildman–Crippen LogP) is 4.23. The van der Waals surface area contributed by atoms with Crippen molar-refractivity contribution in [1.29, 1.82) is 0 Å². The topological polar surface area (TPSA) is 71.0 Å². The summed E-state index contributed by atoms with van der Waals surface area (Å²) >= 11 is 0. The van der Waals surface area contributed by atoms with Gasteiger partial charge in [-0.3, -0.25) is 4.90 Å². The van der Waals surface area contributed by atoms with Crippen molar-refractivity contribution < 1.29 is 23.4 Å². The van der Waals surface area contributed by atoms with Crippen LogP contribution in [-0.2, 0) is 29.8 Å². The molecule has 3 saturated heterocycles. The molecule has 7 rings (SSSR count). The number of aryl methyl sites for hydroxylation is 1. The Bertz CT molecular complexity index is 1250. The zero-order valence-electron chi connectivity index (χ0n) is 22.5. The van der Waals surface area contributed by atoms with Crippen LogP contribution in [0.15, 0.2) is 18.2 Å². The standard InChI is InChI=1S/C30H38F2N4O3/c31-21-7-6-20-4-1-10-30(25(20)14-21)16-26-24(18-39-30)27(35-11-2-5-23(37)8-13-35)34-28(33-26)38-19-29-9-3-12-36(29)17-22(32)15-29/h6-7,14,22-23,37H,1-5,8-13,15-19H2/t22-,23?,29+,30?/m1/s1. The van der Waals surface area contributed by atoms with Gasteiger partial charge in [0.25, 0.3) is 0 Å². The van der Waals surface area contributed by atoms with E-state index in [1.165, 1.54) is 6.07 Å². The SMILES string of the molecule is OC1CCCN(c2nc(OC[C@@]34CCCN3C[C@H](F)C4)nc3c2COC2(CCCc4ccc(F)cc42)C3)CC1. The second kappa shape index (κ2) is 9.93. The second-order valence-corrected chi connectivity index (χ2v) is 12.3. The van der Waals surface area contributed by atoms with Crippen molar-refractivity contribution in [3.8, 4) is 6.01 Å². The fourth-order valence-electron chi connectivity index (χ4n) is 7.81. The Balaban J connectivity index is 1.24. The maximum atomic E-state index is 14.4. The maximum Gasteiger partial charge on any atom is 0.318 e. The van der Waals surface area contributed by atoms with Crippen LogP contribution in [-0.4, -0.2) is 70.6 Å². The quantitative estimate of drug-likeness (QED) is 0.623. The number of hydrogen-bond acceptors (Lipinski definition) is 7. The molecule has 1 aromatic heterocycles. The van der Waals surface area contributed by atoms with Crippen molar-refractivity contribution in [2.24, 2.45) is 0 Å². The number of fused-ring (bicyclic) bond motifs is 4. The summed E-state index contributed by atoms with van der Waals surface area (Å²) in [5.41, 5.74) is 3.02. The minimum absolute atomic E-state index is 0.247. The van der Waals surface area contributed by atoms with Crippen molar-refractivity contribution in [2.45, 2.75) is 94.2 Å². The summed E-state index contributed by atoms with van der Waals surface area (Å²) in [5.74, 6) is 0.563. The van der Waals surface area contributed by atoms with Crippen LogP contribution < -0.4 is 9.64 Å². The lowest BCUT2D eigenvalue weighted by atomic mass is 9.75. The molecule has 4 aliphatic heterocycles. The van der Waals surface area contributed by atoms with E-state index >= 15 is 0 Å². The molecule has 210 valence electrons. The number of anilines is 1. The maximum absolute atomic E-state index is 14.4. The molecule has 39 heavy (non-hydrogen) atoms. The second-order valence-electron chi connectivity index (χ2n) is 12.3. The van der Waals surface area contributed by atoms with E-state index in [0.717, 1.165) is 86.2 Å². The third kappa shape index (κ3) is 4.60. The lowest BCUT2D eigenvalue weighted by Crippen LogP contribution is -2.44. The monoisotopic (exact) mass is 540 g/mol. The van der Waals surface area contributed by atoms with Crippen LogP contribution in [0.25, 0.3) is 0 Å². The van der Waals surface area contributed by atoms with Gasteiger partial charge in [0.2, 0.25) is 0 Å². The van der Waals surface area contributed by atoms with E-state index in [4.69, 9.17) is 19.4 Å². The van der Waals surface area contributed by atoms with E-state index in [1.807, 2.05) is 6.07 Å². The Hall–Kier alpha value is -2.36. The van der Waals surface area contributed by atoms with Crippen LogP contribution in [0.5, 0.6) is 6.01 Å². The van der Waals surface area contributed by atoms with Gasteiger partial charge >= 0.3 is 6.01 Å². The number of alkyl halides is 1. The molecule has 2 aromatic rings. The Morgan fingerprint density at radius 1 is 1.10 bits per heavy atom. The van der Waals surface area contributed by atoms with E-state index in [9.17, 15) is 13.9 Å². The molecular weight excluding hydrogens is 502 g/mol. The summed E-state index contributed by atoms with van der Waals surface area (Å²) in [5, 5.41) is 10.3. The number of nitrogens with zero attached hydrogens (tertiary/aromatic N) is 4. The summed E-state index contributed by atoms with van der Waals surface area (Å²) in [4.78, 5) is 14.3. The smallest absolute Gasteiger partial charge is 0.318 e. The number of aliphatic hydroxyl groups is 1. The minimum atomic E-state index is -0.818. The van der Waals surface area contributed by atoms with Gasteiger partial charge in [0.05, 0.1) is 29.5 Å². The summed E-state index contributed by atoms with van der Waals surface area (Å²) in [7, 11) is 0. The molecule has 5 aliphatic rings. The van der Waals surface area contributed by atoms with Crippen LogP contribution >= 0.6 is 0 Å². The average molecular weight is 541 g/mol. The Morgan fingerprint density at radius 2 is 2.03 bits per heavy atom. The van der Waals surface area contributed by atoms with Gasteiger partial charge < -0.3 is 19.5 Å². The van der Waals surface area contributed by atoms with Gasteiger partial charge in [0, 0.05) is 38.0 Å². The van der Waals surface area contributed by atoms with Gasteiger partial charge in [-0.15, -0.1) is 0 Å². The van der Waals surface area contributed by atoms with Gasteiger partial charge in [0.1, 0.15) is 24.4 Å². The fraction of sp³-hybridized carbons (Fsp3) is 0.667. The van der Waals surface area contributed by atoms with E-state index in [2.05, 4.69) is 9.80 Å². The van der Waals surface area contributed by atoms with Gasteiger partial charge in [-0.05, 0) is 81.2 Å². The molecule has 0 amide bonds. The molecular formula is C30H38F2N4O3. The summed E-state index contributed by atoms with van der Waals surface area (Å²) in [6, 6.07) is 5.38. The number of halogens is 2. The van der Waals surface area contributed by atoms with E-state index in [-0.39, 0.29) is 17.5 Å². The first-order valence-electron chi connectivity index (χ1n) is 14.7. The average Bonchev–Trinajstić information content (AvgIpc) is 3.35. The van der Waals surface area contributed by atoms with Gasteiger partial charge in [-0.1, -0.05) is 6.07 Å². The Morgan fingerprint density at radius 3 is 2.95 bits per heavy atom. The molecule has 1 aliphatic carbocycles. The van der Waals surface area contributed by atoms with Crippen molar-refractivity contribution in [1.82, 2.24) is 14.9 Å². The van der Waals surface area contributed by atoms with Crippen LogP contribution in [0.1, 0.15) is 73.8 Å². The molecule has 2 unspecified atom stereocenters. The lowest BCUT2D eigenvalue weighted by molar-refractivity contribution is -0.0857. The zero-order valence-corrected chi connectivity index (χ0v) is 22.5. The number of benzene rings is 1. The van der Waals surface area contributed by atoms with Crippen molar-refractivity contribution in [3.63, 3.8) is 0 Å². The third-order valence-corrected chi connectivity index (χ3v) is 9.81. The number of aliphatic hydroxyl groups excluding tert-OH is 1. The highest BCUT2D eigenvalue weighted by Gasteiger charge is 2.49. The van der Waals surface area contributed by atoms with E-state index in [0.29, 0.717) is 51.6 Å². The van der Waals surface area contributed by atoms with Crippen LogP contribution in [0.2, 0.25) is 0 Å². The molecule has 9 heteroatoms. The van der Waals surface area contributed by atoms with Crippen molar-refractivity contribution >= 4 is 5.82 Å². The highest BCUT2D eigenvalue weighted by Crippen LogP contribution is 2.46. The van der Waals surface area contributed by atoms with Crippen LogP contribution in [0.3, 0.4) is 0 Å². The molecule has 7 nitrogen and oxygen atoms in total. The molecule has 0 bridgehead atoms. The summed E-state index contributed by atoms with van der Waals surface area (Å²) in [6.45, 7) is 3.60. The van der Waals surface area contributed by atoms with Crippen LogP contribution in [0.4, 0.5) is 14.6 Å². The molecule has 1 aromatic carbocycles. The fourth-order valence-corrected chi connectivity index (χ4v) is 7.81. The Kier molecular flexibility index (Phi) is 6.51. The Labute approximate surface area is 228 Å².